The maximum atomic E-state index is 13.0. The van der Waals surface area contributed by atoms with Gasteiger partial charge in [0.15, 0.2) is 0 Å². The highest BCUT2D eigenvalue weighted by Gasteiger charge is 2.13. The van der Waals surface area contributed by atoms with Gasteiger partial charge in [0.05, 0.1) is 6.20 Å². The van der Waals surface area contributed by atoms with Gasteiger partial charge in [0.2, 0.25) is 0 Å². The number of halogens is 2. The standard InChI is InChI=1S/C12H7BrFNO3/c13-7-3-9(6-15-5-7)18-11-2-1-8(14)4-10(11)12(16)17/h1-6H,(H,16,17). The van der Waals surface area contributed by atoms with Crippen LogP contribution in [0.3, 0.4) is 0 Å². The molecule has 6 heteroatoms. The average molecular weight is 312 g/mol. The van der Waals surface area contributed by atoms with E-state index >= 15 is 0 Å². The fourth-order valence-electron chi connectivity index (χ4n) is 1.33. The Balaban J connectivity index is 2.37. The predicted molar refractivity (Wildman–Crippen MR) is 65.4 cm³/mol. The SMILES string of the molecule is O=C(O)c1cc(F)ccc1Oc1cncc(Br)c1. The Hall–Kier alpha value is -1.95. The molecule has 0 atom stereocenters. The van der Waals surface area contributed by atoms with E-state index in [-0.39, 0.29) is 11.3 Å². The van der Waals surface area contributed by atoms with Crippen LogP contribution < -0.4 is 4.74 Å². The Labute approximate surface area is 110 Å². The molecule has 1 N–H and O–H groups in total. The van der Waals surface area contributed by atoms with E-state index in [1.807, 2.05) is 0 Å². The van der Waals surface area contributed by atoms with Gasteiger partial charge in [-0.25, -0.2) is 9.18 Å². The van der Waals surface area contributed by atoms with E-state index in [1.165, 1.54) is 12.3 Å². The number of ether oxygens (including phenoxy) is 1. The van der Waals surface area contributed by atoms with Crippen molar-refractivity contribution in [1.29, 1.82) is 0 Å². The normalized spacial score (nSPS) is 10.1. The second-order valence-corrected chi connectivity index (χ2v) is 4.30. The number of carboxylic acids is 1. The molecule has 0 aliphatic heterocycles. The molecule has 1 heterocycles. The summed E-state index contributed by atoms with van der Waals surface area (Å²) in [6.45, 7) is 0. The average Bonchev–Trinajstić information content (AvgIpc) is 2.31. The monoisotopic (exact) mass is 311 g/mol. The lowest BCUT2D eigenvalue weighted by molar-refractivity contribution is 0.0693. The number of aromatic carboxylic acids is 1. The van der Waals surface area contributed by atoms with E-state index in [0.717, 1.165) is 12.1 Å². The number of pyridine rings is 1. The molecule has 92 valence electrons. The van der Waals surface area contributed by atoms with Crippen molar-refractivity contribution in [2.75, 3.05) is 0 Å². The lowest BCUT2D eigenvalue weighted by Gasteiger charge is -2.08. The lowest BCUT2D eigenvalue weighted by Crippen LogP contribution is -2.01. The van der Waals surface area contributed by atoms with Crippen LogP contribution >= 0.6 is 15.9 Å². The molecule has 1 aromatic heterocycles. The minimum atomic E-state index is -1.26. The quantitative estimate of drug-likeness (QED) is 0.943. The summed E-state index contributed by atoms with van der Waals surface area (Å²) in [6.07, 6.45) is 3.00. The van der Waals surface area contributed by atoms with Crippen LogP contribution in [0.2, 0.25) is 0 Å². The first-order valence-corrected chi connectivity index (χ1v) is 5.67. The van der Waals surface area contributed by atoms with Crippen molar-refractivity contribution in [3.63, 3.8) is 0 Å². The lowest BCUT2D eigenvalue weighted by atomic mass is 10.2. The van der Waals surface area contributed by atoms with E-state index in [9.17, 15) is 9.18 Å². The zero-order valence-electron chi connectivity index (χ0n) is 8.93. The fourth-order valence-corrected chi connectivity index (χ4v) is 1.68. The number of carbonyl (C=O) groups is 1. The first-order chi connectivity index (χ1) is 8.56. The van der Waals surface area contributed by atoms with Gasteiger partial charge >= 0.3 is 5.97 Å². The highest BCUT2D eigenvalue weighted by molar-refractivity contribution is 9.10. The van der Waals surface area contributed by atoms with Crippen LogP contribution in [0, 0.1) is 5.82 Å². The maximum Gasteiger partial charge on any atom is 0.339 e. The predicted octanol–water partition coefficient (Wildman–Crippen LogP) is 3.47. The molecule has 2 rings (SSSR count). The summed E-state index contributed by atoms with van der Waals surface area (Å²) in [4.78, 5) is 14.8. The molecule has 1 aromatic carbocycles. The minimum absolute atomic E-state index is 0.0591. The number of hydrogen-bond donors (Lipinski definition) is 1. The van der Waals surface area contributed by atoms with Gasteiger partial charge in [-0.05, 0) is 40.2 Å². The van der Waals surface area contributed by atoms with Crippen LogP contribution in [-0.2, 0) is 0 Å². The molecule has 0 bridgehead atoms. The van der Waals surface area contributed by atoms with Gasteiger partial charge in [-0.15, -0.1) is 0 Å². The Morgan fingerprint density at radius 2 is 2.11 bits per heavy atom. The molecular weight excluding hydrogens is 305 g/mol. The van der Waals surface area contributed by atoms with Gasteiger partial charge < -0.3 is 9.84 Å². The molecule has 18 heavy (non-hydrogen) atoms. The van der Waals surface area contributed by atoms with Crippen LogP contribution in [0.25, 0.3) is 0 Å². The number of nitrogens with zero attached hydrogens (tertiary/aromatic N) is 1. The Morgan fingerprint density at radius 3 is 2.78 bits per heavy atom. The Morgan fingerprint density at radius 1 is 1.33 bits per heavy atom. The molecule has 0 amide bonds. The van der Waals surface area contributed by atoms with Crippen LogP contribution in [0.1, 0.15) is 10.4 Å². The summed E-state index contributed by atoms with van der Waals surface area (Å²) in [5, 5.41) is 8.95. The number of carboxylic acid groups (broad SMARTS) is 1. The van der Waals surface area contributed by atoms with Crippen molar-refractivity contribution in [3.8, 4) is 11.5 Å². The van der Waals surface area contributed by atoms with E-state index in [1.54, 1.807) is 12.3 Å². The number of hydrogen-bond acceptors (Lipinski definition) is 3. The molecule has 0 unspecified atom stereocenters. The summed E-state index contributed by atoms with van der Waals surface area (Å²) in [5.74, 6) is -1.47. The van der Waals surface area contributed by atoms with Crippen LogP contribution in [0.5, 0.6) is 11.5 Å². The molecule has 0 saturated heterocycles. The van der Waals surface area contributed by atoms with E-state index in [4.69, 9.17) is 9.84 Å². The van der Waals surface area contributed by atoms with Crippen molar-refractivity contribution in [2.24, 2.45) is 0 Å². The van der Waals surface area contributed by atoms with Gasteiger partial charge in [0.1, 0.15) is 22.9 Å². The minimum Gasteiger partial charge on any atom is -0.478 e. The van der Waals surface area contributed by atoms with Crippen molar-refractivity contribution in [2.45, 2.75) is 0 Å². The van der Waals surface area contributed by atoms with Gasteiger partial charge in [-0.3, -0.25) is 4.98 Å². The van der Waals surface area contributed by atoms with Crippen molar-refractivity contribution in [3.05, 3.63) is 52.5 Å². The highest BCUT2D eigenvalue weighted by Crippen LogP contribution is 2.27. The number of rotatable bonds is 3. The largest absolute Gasteiger partial charge is 0.478 e. The van der Waals surface area contributed by atoms with Crippen LogP contribution in [0.4, 0.5) is 4.39 Å². The summed E-state index contributed by atoms with van der Waals surface area (Å²) < 4.78 is 19.0. The molecule has 0 aliphatic rings. The summed E-state index contributed by atoms with van der Waals surface area (Å²) in [5.41, 5.74) is -0.241. The van der Waals surface area contributed by atoms with Crippen molar-refractivity contribution in [1.82, 2.24) is 4.98 Å². The zero-order valence-corrected chi connectivity index (χ0v) is 10.5. The van der Waals surface area contributed by atoms with Gasteiger partial charge in [-0.1, -0.05) is 0 Å². The molecular formula is C12H7BrFNO3. The smallest absolute Gasteiger partial charge is 0.339 e. The number of benzene rings is 1. The molecule has 0 aliphatic carbocycles. The third kappa shape index (κ3) is 2.84. The van der Waals surface area contributed by atoms with Crippen molar-refractivity contribution < 1.29 is 19.0 Å². The zero-order chi connectivity index (χ0) is 13.1. The molecule has 0 fully saturated rings. The molecule has 0 spiro atoms. The first-order valence-electron chi connectivity index (χ1n) is 4.87. The highest BCUT2D eigenvalue weighted by atomic mass is 79.9. The van der Waals surface area contributed by atoms with Crippen molar-refractivity contribution >= 4 is 21.9 Å². The number of aromatic nitrogens is 1. The molecule has 0 radical (unpaired) electrons. The second-order valence-electron chi connectivity index (χ2n) is 3.39. The van der Waals surface area contributed by atoms with Gasteiger partial charge in [0.25, 0.3) is 0 Å². The Kier molecular flexibility index (Phi) is 3.57. The third-order valence-electron chi connectivity index (χ3n) is 2.08. The third-order valence-corrected chi connectivity index (χ3v) is 2.51. The summed E-state index contributed by atoms with van der Waals surface area (Å²) >= 11 is 3.22. The van der Waals surface area contributed by atoms with Crippen LogP contribution in [-0.4, -0.2) is 16.1 Å². The van der Waals surface area contributed by atoms with E-state index in [2.05, 4.69) is 20.9 Å². The maximum absolute atomic E-state index is 13.0. The van der Waals surface area contributed by atoms with E-state index < -0.39 is 11.8 Å². The van der Waals surface area contributed by atoms with Crippen LogP contribution in [0.15, 0.2) is 41.1 Å². The topological polar surface area (TPSA) is 59.4 Å². The molecule has 2 aromatic rings. The first kappa shape index (κ1) is 12.5. The van der Waals surface area contributed by atoms with Gasteiger partial charge in [0, 0.05) is 10.7 Å². The molecule has 4 nitrogen and oxygen atoms in total. The molecule has 0 saturated carbocycles. The second kappa shape index (κ2) is 5.14. The summed E-state index contributed by atoms with van der Waals surface area (Å²) in [6, 6.07) is 4.93. The fraction of sp³-hybridized carbons (Fsp3) is 0. The summed E-state index contributed by atoms with van der Waals surface area (Å²) in [7, 11) is 0. The van der Waals surface area contributed by atoms with E-state index in [0.29, 0.717) is 10.2 Å². The Bertz CT molecular complexity index is 604. The van der Waals surface area contributed by atoms with Gasteiger partial charge in [-0.2, -0.15) is 0 Å².